The zero-order valence-electron chi connectivity index (χ0n) is 22.3. The highest BCUT2D eigenvalue weighted by atomic mass is 31.2. The summed E-state index contributed by atoms with van der Waals surface area (Å²) >= 11 is 0. The van der Waals surface area contributed by atoms with E-state index in [2.05, 4.69) is 68.4 Å². The van der Waals surface area contributed by atoms with Gasteiger partial charge >= 0.3 is 7.60 Å². The van der Waals surface area contributed by atoms with E-state index in [0.29, 0.717) is 25.1 Å². The van der Waals surface area contributed by atoms with E-state index < -0.39 is 19.4 Å². The molecule has 2 atom stereocenters. The molecule has 2 aromatic heterocycles. The van der Waals surface area contributed by atoms with Crippen molar-refractivity contribution in [2.45, 2.75) is 31.1 Å². The molecule has 0 aliphatic carbocycles. The van der Waals surface area contributed by atoms with E-state index in [9.17, 15) is 4.57 Å². The SMILES string of the molecule is COP(=O)(OC)[C@@H](CCc1cccc2ccccc12)N[C@@H](Cc1ccc2c(c1)oc1ccccc12)c1nn[nH]n1. The number of H-pyrrole nitrogens is 1. The highest BCUT2D eigenvalue weighted by molar-refractivity contribution is 7.54. The summed E-state index contributed by atoms with van der Waals surface area (Å²) in [4.78, 5) is 0. The van der Waals surface area contributed by atoms with Crippen molar-refractivity contribution in [2.24, 2.45) is 0 Å². The van der Waals surface area contributed by atoms with Gasteiger partial charge in [-0.25, -0.2) is 0 Å². The van der Waals surface area contributed by atoms with Crippen LogP contribution in [-0.4, -0.2) is 40.6 Å². The van der Waals surface area contributed by atoms with E-state index in [1.807, 2.05) is 42.5 Å². The molecule has 0 saturated heterocycles. The van der Waals surface area contributed by atoms with Gasteiger partial charge in [-0.3, -0.25) is 9.88 Å². The second kappa shape index (κ2) is 11.3. The van der Waals surface area contributed by atoms with Crippen LogP contribution in [0.25, 0.3) is 32.7 Å². The summed E-state index contributed by atoms with van der Waals surface area (Å²) in [6.45, 7) is 0. The predicted molar refractivity (Wildman–Crippen MR) is 155 cm³/mol. The van der Waals surface area contributed by atoms with Gasteiger partial charge in [0.25, 0.3) is 0 Å². The molecule has 2 N–H and O–H groups in total. The maximum absolute atomic E-state index is 13.8. The Labute approximate surface area is 231 Å². The summed E-state index contributed by atoms with van der Waals surface area (Å²) in [6, 6.07) is 28.2. The lowest BCUT2D eigenvalue weighted by atomic mass is 10.0. The number of nitrogens with one attached hydrogen (secondary N) is 2. The number of rotatable bonds is 11. The molecular weight excluding hydrogens is 525 g/mol. The Hall–Kier alpha value is -3.88. The summed E-state index contributed by atoms with van der Waals surface area (Å²) in [5, 5.41) is 22.8. The Bertz CT molecular complexity index is 1790. The summed E-state index contributed by atoms with van der Waals surface area (Å²) in [5.41, 5.74) is 3.82. The van der Waals surface area contributed by atoms with E-state index in [-0.39, 0.29) is 0 Å². The van der Waals surface area contributed by atoms with Gasteiger partial charge in [-0.1, -0.05) is 78.0 Å². The number of nitrogens with zero attached hydrogens (tertiary/aromatic N) is 3. The van der Waals surface area contributed by atoms with Crippen molar-refractivity contribution in [3.8, 4) is 0 Å². The van der Waals surface area contributed by atoms with Gasteiger partial charge in [0, 0.05) is 25.0 Å². The van der Waals surface area contributed by atoms with Gasteiger partial charge < -0.3 is 13.5 Å². The van der Waals surface area contributed by atoms with Crippen LogP contribution in [0.1, 0.15) is 29.4 Å². The van der Waals surface area contributed by atoms with Crippen LogP contribution in [0, 0.1) is 0 Å². The van der Waals surface area contributed by atoms with Crippen LogP contribution < -0.4 is 5.32 Å². The Morgan fingerprint density at radius 2 is 1.65 bits per heavy atom. The maximum atomic E-state index is 13.8. The van der Waals surface area contributed by atoms with Gasteiger partial charge in [0.05, 0.1) is 6.04 Å². The van der Waals surface area contributed by atoms with Crippen LogP contribution >= 0.6 is 7.60 Å². The molecule has 0 amide bonds. The average Bonchev–Trinajstić information content (AvgIpc) is 3.66. The van der Waals surface area contributed by atoms with Crippen molar-refractivity contribution < 1.29 is 18.0 Å². The van der Waals surface area contributed by atoms with Crippen LogP contribution in [0.15, 0.2) is 89.3 Å². The monoisotopic (exact) mass is 555 g/mol. The van der Waals surface area contributed by atoms with Gasteiger partial charge in [-0.15, -0.1) is 10.2 Å². The predicted octanol–water partition coefficient (Wildman–Crippen LogP) is 6.57. The molecule has 2 heterocycles. The van der Waals surface area contributed by atoms with Crippen LogP contribution in [0.2, 0.25) is 0 Å². The fourth-order valence-electron chi connectivity index (χ4n) is 5.37. The highest BCUT2D eigenvalue weighted by Gasteiger charge is 2.36. The van der Waals surface area contributed by atoms with E-state index >= 15 is 0 Å². The van der Waals surface area contributed by atoms with Crippen molar-refractivity contribution in [2.75, 3.05) is 14.2 Å². The topological polar surface area (TPSA) is 115 Å². The molecule has 0 bridgehead atoms. The number of fused-ring (bicyclic) bond motifs is 4. The molecule has 6 aromatic rings. The van der Waals surface area contributed by atoms with Crippen LogP contribution in [0.3, 0.4) is 0 Å². The maximum Gasteiger partial charge on any atom is 0.346 e. The number of aryl methyl sites for hydroxylation is 1. The highest BCUT2D eigenvalue weighted by Crippen LogP contribution is 2.52. The third kappa shape index (κ3) is 5.17. The Kier molecular flexibility index (Phi) is 7.45. The Balaban J connectivity index is 1.30. The molecule has 0 fully saturated rings. The molecule has 0 spiro atoms. The van der Waals surface area contributed by atoms with Crippen molar-refractivity contribution in [1.82, 2.24) is 25.9 Å². The molecular formula is C30H30N5O4P. The number of para-hydroxylation sites is 1. The first-order valence-corrected chi connectivity index (χ1v) is 14.8. The number of aromatic amines is 1. The fourth-order valence-corrected chi connectivity index (χ4v) is 6.84. The van der Waals surface area contributed by atoms with Crippen LogP contribution in [0.5, 0.6) is 0 Å². The zero-order chi connectivity index (χ0) is 27.5. The lowest BCUT2D eigenvalue weighted by Gasteiger charge is -2.29. The second-order valence-corrected chi connectivity index (χ2v) is 12.2. The molecule has 9 nitrogen and oxygen atoms in total. The first-order chi connectivity index (χ1) is 19.6. The summed E-state index contributed by atoms with van der Waals surface area (Å²) in [5.74, 6) is -0.168. The number of hydrogen-bond donors (Lipinski definition) is 2. The minimum absolute atomic E-state index is 0.420. The smallest absolute Gasteiger partial charge is 0.346 e. The largest absolute Gasteiger partial charge is 0.456 e. The van der Waals surface area contributed by atoms with Crippen LogP contribution in [0.4, 0.5) is 0 Å². The van der Waals surface area contributed by atoms with Crippen molar-refractivity contribution in [3.05, 3.63) is 102 Å². The number of tetrazole rings is 1. The molecule has 0 saturated carbocycles. The number of hydrogen-bond acceptors (Lipinski definition) is 8. The minimum Gasteiger partial charge on any atom is -0.456 e. The van der Waals surface area contributed by atoms with Crippen molar-refractivity contribution in [3.63, 3.8) is 0 Å². The molecule has 6 rings (SSSR count). The number of furan rings is 1. The molecule has 40 heavy (non-hydrogen) atoms. The zero-order valence-corrected chi connectivity index (χ0v) is 23.2. The van der Waals surface area contributed by atoms with E-state index in [0.717, 1.165) is 38.5 Å². The summed E-state index contributed by atoms with van der Waals surface area (Å²) in [6.07, 6.45) is 1.67. The molecule has 0 radical (unpaired) electrons. The molecule has 0 aliphatic heterocycles. The van der Waals surface area contributed by atoms with E-state index in [4.69, 9.17) is 13.5 Å². The summed E-state index contributed by atoms with van der Waals surface area (Å²) in [7, 11) is -0.699. The van der Waals surface area contributed by atoms with E-state index in [1.54, 1.807) is 0 Å². The van der Waals surface area contributed by atoms with Crippen molar-refractivity contribution in [1.29, 1.82) is 0 Å². The molecule has 0 unspecified atom stereocenters. The lowest BCUT2D eigenvalue weighted by Crippen LogP contribution is -2.36. The van der Waals surface area contributed by atoms with Gasteiger partial charge in [-0.2, -0.15) is 5.21 Å². The first kappa shape index (κ1) is 26.3. The number of aromatic nitrogens is 4. The van der Waals surface area contributed by atoms with Crippen LogP contribution in [-0.2, 0) is 26.5 Å². The molecule has 204 valence electrons. The standard InChI is InChI=1S/C30H30N5O4P/c1-37-40(36,38-2)29(17-15-22-10-7-9-21-8-3-4-11-23(21)22)31-26(30-32-34-35-33-30)18-20-14-16-25-24-12-5-6-13-27(24)39-28(25)19-20/h3-14,16,19,26,29,31H,15,17-18H2,1-2H3,(H,32,33,34,35)/t26-,29-/m0/s1. The van der Waals surface area contributed by atoms with Gasteiger partial charge in [0.15, 0.2) is 5.82 Å². The van der Waals surface area contributed by atoms with Crippen molar-refractivity contribution >= 4 is 40.3 Å². The van der Waals surface area contributed by atoms with E-state index in [1.165, 1.54) is 19.6 Å². The third-order valence-corrected chi connectivity index (χ3v) is 9.60. The quantitative estimate of drug-likeness (QED) is 0.173. The number of benzene rings is 4. The van der Waals surface area contributed by atoms with Gasteiger partial charge in [0.1, 0.15) is 16.9 Å². The fraction of sp³-hybridized carbons (Fsp3) is 0.233. The summed E-state index contributed by atoms with van der Waals surface area (Å²) < 4.78 is 30.8. The lowest BCUT2D eigenvalue weighted by molar-refractivity contribution is 0.251. The molecule has 0 aliphatic rings. The first-order valence-electron chi connectivity index (χ1n) is 13.2. The Morgan fingerprint density at radius 3 is 2.45 bits per heavy atom. The Morgan fingerprint density at radius 1 is 0.900 bits per heavy atom. The van der Waals surface area contributed by atoms with Gasteiger partial charge in [-0.05, 0) is 53.3 Å². The average molecular weight is 556 g/mol. The minimum atomic E-state index is -3.52. The van der Waals surface area contributed by atoms with Gasteiger partial charge in [0.2, 0.25) is 0 Å². The second-order valence-electron chi connectivity index (χ2n) is 9.72. The normalized spacial score (nSPS) is 13.8. The molecule has 10 heteroatoms. The molecule has 4 aromatic carbocycles. The third-order valence-electron chi connectivity index (χ3n) is 7.41.